The molecule has 17 heavy (non-hydrogen) atoms. The molecule has 0 saturated heterocycles. The van der Waals surface area contributed by atoms with E-state index in [2.05, 4.69) is 37.2 Å². The van der Waals surface area contributed by atoms with Gasteiger partial charge in [0.25, 0.3) is 0 Å². The second-order valence-corrected chi connectivity index (χ2v) is 9.55. The number of halogens is 2. The van der Waals surface area contributed by atoms with Crippen molar-refractivity contribution in [2.45, 2.75) is 0 Å². The molecule has 103 valence electrons. The van der Waals surface area contributed by atoms with Crippen LogP contribution in [0.3, 0.4) is 0 Å². The molecule has 0 spiro atoms. The van der Waals surface area contributed by atoms with Gasteiger partial charge in [0.2, 0.25) is 0 Å². The molecule has 0 aromatic rings. The van der Waals surface area contributed by atoms with E-state index in [-0.39, 0.29) is 36.1 Å². The predicted octanol–water partition coefficient (Wildman–Crippen LogP) is 0.210. The summed E-state index contributed by atoms with van der Waals surface area (Å²) >= 11 is 6.12. The number of sulfone groups is 2. The Bertz CT molecular complexity index is 356. The molecule has 9 heteroatoms. The minimum absolute atomic E-state index is 0.0168. The highest BCUT2D eigenvalue weighted by molar-refractivity contribution is 9.09. The Labute approximate surface area is 120 Å². The van der Waals surface area contributed by atoms with Crippen LogP contribution in [0.2, 0.25) is 0 Å². The second kappa shape index (κ2) is 8.84. The van der Waals surface area contributed by atoms with Crippen LogP contribution in [0, 0.1) is 0 Å². The van der Waals surface area contributed by atoms with Crippen molar-refractivity contribution in [3.63, 3.8) is 0 Å². The van der Waals surface area contributed by atoms with E-state index >= 15 is 0 Å². The monoisotopic (exact) mass is 412 g/mol. The third-order valence-electron chi connectivity index (χ3n) is 1.90. The summed E-state index contributed by atoms with van der Waals surface area (Å²) in [5, 5.41) is 4.74. The zero-order valence-electron chi connectivity index (χ0n) is 9.31. The molecule has 0 aromatic carbocycles. The minimum Gasteiger partial charge on any atom is -0.240 e. The first kappa shape index (κ1) is 17.8. The van der Waals surface area contributed by atoms with Gasteiger partial charge in [0, 0.05) is 23.7 Å². The summed E-state index contributed by atoms with van der Waals surface area (Å²) < 4.78 is 45.1. The molecular formula is C8H16Br2NO4S2. The summed E-state index contributed by atoms with van der Waals surface area (Å²) in [5.41, 5.74) is 0. The van der Waals surface area contributed by atoms with Gasteiger partial charge in [0.05, 0.1) is 23.0 Å². The van der Waals surface area contributed by atoms with Crippen molar-refractivity contribution in [2.75, 3.05) is 46.8 Å². The number of nitrogens with zero attached hydrogens (tertiary/aromatic N) is 1. The van der Waals surface area contributed by atoms with Crippen molar-refractivity contribution in [3.8, 4) is 0 Å². The second-order valence-electron chi connectivity index (χ2n) is 3.35. The van der Waals surface area contributed by atoms with Crippen LogP contribution < -0.4 is 5.32 Å². The first-order valence-electron chi connectivity index (χ1n) is 4.99. The molecule has 0 aromatic heterocycles. The van der Waals surface area contributed by atoms with Gasteiger partial charge < -0.3 is 0 Å². The number of hydrogen-bond donors (Lipinski definition) is 0. The van der Waals surface area contributed by atoms with Gasteiger partial charge in [-0.2, -0.15) is 0 Å². The van der Waals surface area contributed by atoms with Crippen LogP contribution in [-0.2, 0) is 19.7 Å². The molecule has 5 nitrogen and oxygen atoms in total. The molecule has 0 heterocycles. The van der Waals surface area contributed by atoms with Gasteiger partial charge in [-0.25, -0.2) is 22.2 Å². The first-order chi connectivity index (χ1) is 7.83. The van der Waals surface area contributed by atoms with Crippen LogP contribution in [0.5, 0.6) is 0 Å². The van der Waals surface area contributed by atoms with Gasteiger partial charge in [0.15, 0.2) is 19.7 Å². The zero-order chi connectivity index (χ0) is 13.4. The lowest BCUT2D eigenvalue weighted by Gasteiger charge is -2.04. The van der Waals surface area contributed by atoms with Crippen molar-refractivity contribution in [1.82, 2.24) is 5.32 Å². The summed E-state index contributed by atoms with van der Waals surface area (Å²) in [7, 11) is -6.11. The van der Waals surface area contributed by atoms with Crippen molar-refractivity contribution in [1.29, 1.82) is 0 Å². The van der Waals surface area contributed by atoms with Gasteiger partial charge in [-0.3, -0.25) is 0 Å². The van der Waals surface area contributed by atoms with Crippen LogP contribution in [-0.4, -0.2) is 63.6 Å². The Hall–Kier alpha value is 0.820. The maximum absolute atomic E-state index is 11.3. The smallest absolute Gasteiger partial charge is 0.152 e. The van der Waals surface area contributed by atoms with Crippen LogP contribution in [0.15, 0.2) is 0 Å². The number of hydrogen-bond acceptors (Lipinski definition) is 4. The molecule has 0 atom stereocenters. The Kier molecular flexibility index (Phi) is 9.27. The molecular weight excluding hydrogens is 398 g/mol. The molecule has 0 aliphatic heterocycles. The van der Waals surface area contributed by atoms with Crippen molar-refractivity contribution >= 4 is 51.5 Å². The SMILES string of the molecule is O=S(=O)(CCBr)CC[N]CCS(=O)(=O)CCBr. The average Bonchev–Trinajstić information content (AvgIpc) is 2.16. The van der Waals surface area contributed by atoms with Crippen LogP contribution in [0.1, 0.15) is 0 Å². The lowest BCUT2D eigenvalue weighted by Crippen LogP contribution is -2.25. The van der Waals surface area contributed by atoms with E-state index in [0.717, 1.165) is 0 Å². The van der Waals surface area contributed by atoms with Gasteiger partial charge in [-0.1, -0.05) is 31.9 Å². The highest BCUT2D eigenvalue weighted by atomic mass is 79.9. The summed E-state index contributed by atoms with van der Waals surface area (Å²) in [5.74, 6) is 0.142. The Morgan fingerprint density at radius 2 is 1.06 bits per heavy atom. The molecule has 0 aliphatic carbocycles. The quantitative estimate of drug-likeness (QED) is 0.378. The maximum Gasteiger partial charge on any atom is 0.152 e. The van der Waals surface area contributed by atoms with Gasteiger partial charge in [-0.05, 0) is 0 Å². The van der Waals surface area contributed by atoms with Gasteiger partial charge in [0.1, 0.15) is 0 Å². The van der Waals surface area contributed by atoms with E-state index in [1.807, 2.05) is 0 Å². The van der Waals surface area contributed by atoms with Gasteiger partial charge in [-0.15, -0.1) is 0 Å². The molecule has 1 radical (unpaired) electrons. The van der Waals surface area contributed by atoms with Crippen LogP contribution in [0.25, 0.3) is 0 Å². The third-order valence-corrected chi connectivity index (χ3v) is 7.00. The van der Waals surface area contributed by atoms with Crippen LogP contribution in [0.4, 0.5) is 0 Å². The van der Waals surface area contributed by atoms with E-state index in [1.54, 1.807) is 0 Å². The topological polar surface area (TPSA) is 82.4 Å². The van der Waals surface area contributed by atoms with E-state index in [1.165, 1.54) is 0 Å². The fourth-order valence-corrected chi connectivity index (χ4v) is 5.61. The summed E-state index contributed by atoms with van der Waals surface area (Å²) in [6.07, 6.45) is 0. The average molecular weight is 414 g/mol. The number of rotatable bonds is 10. The predicted molar refractivity (Wildman–Crippen MR) is 76.8 cm³/mol. The molecule has 0 N–H and O–H groups in total. The fourth-order valence-electron chi connectivity index (χ4n) is 0.958. The lowest BCUT2D eigenvalue weighted by molar-refractivity contribution is 0.589. The summed E-state index contributed by atoms with van der Waals surface area (Å²) in [4.78, 5) is 0. The summed E-state index contributed by atoms with van der Waals surface area (Å²) in [6.45, 7) is 0.332. The standard InChI is InChI=1S/C8H16Br2NO4S2/c9-1-5-16(12,13)7-3-11-4-8-17(14,15)6-2-10/h1-8H2. The molecule has 0 aliphatic rings. The molecule has 0 rings (SSSR count). The highest BCUT2D eigenvalue weighted by Crippen LogP contribution is 1.94. The van der Waals surface area contributed by atoms with E-state index in [0.29, 0.717) is 10.7 Å². The van der Waals surface area contributed by atoms with Crippen molar-refractivity contribution < 1.29 is 16.8 Å². The molecule has 0 fully saturated rings. The largest absolute Gasteiger partial charge is 0.240 e. The molecule has 0 bridgehead atoms. The van der Waals surface area contributed by atoms with E-state index in [9.17, 15) is 16.8 Å². The zero-order valence-corrected chi connectivity index (χ0v) is 14.1. The molecule has 0 amide bonds. The van der Waals surface area contributed by atoms with Crippen molar-refractivity contribution in [3.05, 3.63) is 0 Å². The normalized spacial score (nSPS) is 12.8. The molecule has 0 saturated carbocycles. The van der Waals surface area contributed by atoms with Crippen molar-refractivity contribution in [2.24, 2.45) is 0 Å². The third kappa shape index (κ3) is 10.4. The fraction of sp³-hybridized carbons (Fsp3) is 1.00. The highest BCUT2D eigenvalue weighted by Gasteiger charge is 2.11. The lowest BCUT2D eigenvalue weighted by atomic mass is 10.7. The Morgan fingerprint density at radius 1 is 0.706 bits per heavy atom. The summed E-state index contributed by atoms with van der Waals surface area (Å²) in [6, 6.07) is 0. The Balaban J connectivity index is 3.74. The van der Waals surface area contributed by atoms with E-state index < -0.39 is 19.7 Å². The number of alkyl halides is 2. The minimum atomic E-state index is -3.06. The Morgan fingerprint density at radius 3 is 1.35 bits per heavy atom. The maximum atomic E-state index is 11.3. The van der Waals surface area contributed by atoms with Crippen LogP contribution >= 0.6 is 31.9 Å². The van der Waals surface area contributed by atoms with E-state index in [4.69, 9.17) is 0 Å². The molecule has 0 unspecified atom stereocenters. The van der Waals surface area contributed by atoms with Gasteiger partial charge >= 0.3 is 0 Å². The first-order valence-corrected chi connectivity index (χ1v) is 10.9.